The number of alkyl halides is 3. The molecule has 1 amide bonds. The Labute approximate surface area is 185 Å². The van der Waals surface area contributed by atoms with Gasteiger partial charge in [0.15, 0.2) is 0 Å². The van der Waals surface area contributed by atoms with Gasteiger partial charge in [-0.15, -0.1) is 0 Å². The van der Waals surface area contributed by atoms with Crippen LogP contribution in [0.2, 0.25) is 0 Å². The quantitative estimate of drug-likeness (QED) is 0.701. The standard InChI is InChI=1S/C21H25F3N4O3S/c1-14-9-15(2)11-16(10-14)26-20(29)13-27-5-7-28(8-6-27)19-4-3-17(32(25,30)31)12-18(19)21(22,23)24/h3-4,9-12H,5-8,13H2,1-2H3,(H,26,29)(H2,25,30,31). The number of piperazine rings is 1. The fourth-order valence-corrected chi connectivity index (χ4v) is 4.33. The normalized spacial score (nSPS) is 15.6. The zero-order chi connectivity index (χ0) is 23.7. The Hall–Kier alpha value is -2.63. The number of benzene rings is 2. The van der Waals surface area contributed by atoms with Crippen LogP contribution >= 0.6 is 0 Å². The van der Waals surface area contributed by atoms with E-state index >= 15 is 0 Å². The van der Waals surface area contributed by atoms with Crippen LogP contribution in [0, 0.1) is 13.8 Å². The summed E-state index contributed by atoms with van der Waals surface area (Å²) in [7, 11) is -4.26. The van der Waals surface area contributed by atoms with Crippen molar-refractivity contribution in [2.75, 3.05) is 42.9 Å². The molecule has 2 aromatic rings. The smallest absolute Gasteiger partial charge is 0.368 e. The molecule has 0 atom stereocenters. The third kappa shape index (κ3) is 5.99. The monoisotopic (exact) mass is 470 g/mol. The van der Waals surface area contributed by atoms with Crippen LogP contribution in [0.5, 0.6) is 0 Å². The number of hydrogen-bond acceptors (Lipinski definition) is 5. The topological polar surface area (TPSA) is 95.7 Å². The molecule has 1 aliphatic heterocycles. The minimum Gasteiger partial charge on any atom is -0.368 e. The number of amides is 1. The number of anilines is 2. The molecule has 1 fully saturated rings. The van der Waals surface area contributed by atoms with Gasteiger partial charge < -0.3 is 10.2 Å². The van der Waals surface area contributed by atoms with Gasteiger partial charge in [-0.1, -0.05) is 6.07 Å². The Balaban J connectivity index is 1.66. The number of carbonyl (C=O) groups is 1. The first-order valence-corrected chi connectivity index (χ1v) is 11.5. The predicted molar refractivity (Wildman–Crippen MR) is 116 cm³/mol. The van der Waals surface area contributed by atoms with E-state index in [9.17, 15) is 26.4 Å². The molecule has 2 aromatic carbocycles. The molecular weight excluding hydrogens is 445 g/mol. The van der Waals surface area contributed by atoms with Gasteiger partial charge in [0.05, 0.1) is 17.0 Å². The van der Waals surface area contributed by atoms with Crippen molar-refractivity contribution in [2.24, 2.45) is 5.14 Å². The maximum Gasteiger partial charge on any atom is 0.418 e. The van der Waals surface area contributed by atoms with Gasteiger partial charge in [0.25, 0.3) is 0 Å². The van der Waals surface area contributed by atoms with Gasteiger partial charge in [0.2, 0.25) is 15.9 Å². The summed E-state index contributed by atoms with van der Waals surface area (Å²) < 4.78 is 63.6. The fraction of sp³-hybridized carbons (Fsp3) is 0.381. The molecule has 3 N–H and O–H groups in total. The van der Waals surface area contributed by atoms with Gasteiger partial charge in [-0.3, -0.25) is 9.69 Å². The van der Waals surface area contributed by atoms with Crippen molar-refractivity contribution < 1.29 is 26.4 Å². The van der Waals surface area contributed by atoms with Gasteiger partial charge in [0.1, 0.15) is 0 Å². The number of rotatable bonds is 5. The Morgan fingerprint density at radius 1 is 1.03 bits per heavy atom. The van der Waals surface area contributed by atoms with E-state index in [2.05, 4.69) is 5.32 Å². The third-order valence-corrected chi connectivity index (χ3v) is 6.10. The number of hydrogen-bond donors (Lipinski definition) is 2. The number of carbonyl (C=O) groups excluding carboxylic acids is 1. The van der Waals surface area contributed by atoms with Crippen molar-refractivity contribution in [3.63, 3.8) is 0 Å². The van der Waals surface area contributed by atoms with Crippen LogP contribution < -0.4 is 15.4 Å². The van der Waals surface area contributed by atoms with Crippen molar-refractivity contribution in [3.05, 3.63) is 53.1 Å². The number of halogens is 3. The summed E-state index contributed by atoms with van der Waals surface area (Å²) in [6.07, 6.45) is -4.74. The maximum absolute atomic E-state index is 13.6. The van der Waals surface area contributed by atoms with Crippen molar-refractivity contribution in [1.82, 2.24) is 4.90 Å². The molecule has 32 heavy (non-hydrogen) atoms. The predicted octanol–water partition coefficient (Wildman–Crippen LogP) is 2.73. The summed E-state index contributed by atoms with van der Waals surface area (Å²) in [6.45, 7) is 5.28. The van der Waals surface area contributed by atoms with E-state index in [0.29, 0.717) is 24.8 Å². The molecule has 1 heterocycles. The van der Waals surface area contributed by atoms with E-state index in [1.807, 2.05) is 36.9 Å². The average Bonchev–Trinajstić information content (AvgIpc) is 2.66. The summed E-state index contributed by atoms with van der Waals surface area (Å²) in [5, 5.41) is 7.83. The molecule has 3 rings (SSSR count). The number of aryl methyl sites for hydroxylation is 2. The first kappa shape index (κ1) is 24.0. The molecule has 7 nitrogen and oxygen atoms in total. The highest BCUT2D eigenvalue weighted by atomic mass is 32.2. The number of sulfonamides is 1. The Morgan fingerprint density at radius 2 is 1.62 bits per heavy atom. The molecule has 0 aromatic heterocycles. The molecule has 0 unspecified atom stereocenters. The first-order valence-electron chi connectivity index (χ1n) is 9.92. The first-order chi connectivity index (χ1) is 14.8. The molecule has 0 radical (unpaired) electrons. The fourth-order valence-electron chi connectivity index (χ4n) is 3.79. The highest BCUT2D eigenvalue weighted by Gasteiger charge is 2.36. The van der Waals surface area contributed by atoms with Crippen molar-refractivity contribution >= 4 is 27.3 Å². The molecular formula is C21H25F3N4O3S. The zero-order valence-corrected chi connectivity index (χ0v) is 18.6. The highest BCUT2D eigenvalue weighted by Crippen LogP contribution is 2.38. The van der Waals surface area contributed by atoms with Crippen LogP contribution in [0.4, 0.5) is 24.5 Å². The second kappa shape index (κ2) is 9.08. The molecule has 0 saturated carbocycles. The molecule has 1 aliphatic rings. The number of primary sulfonamides is 1. The molecule has 11 heteroatoms. The molecule has 174 valence electrons. The molecule has 1 saturated heterocycles. The van der Waals surface area contributed by atoms with Gasteiger partial charge >= 0.3 is 6.18 Å². The average molecular weight is 471 g/mol. The lowest BCUT2D eigenvalue weighted by atomic mass is 10.1. The van der Waals surface area contributed by atoms with Crippen LogP contribution in [0.3, 0.4) is 0 Å². The second-order valence-electron chi connectivity index (χ2n) is 7.91. The van der Waals surface area contributed by atoms with Crippen molar-refractivity contribution in [1.29, 1.82) is 0 Å². The summed E-state index contributed by atoms with van der Waals surface area (Å²) in [4.78, 5) is 15.2. The number of nitrogens with two attached hydrogens (primary N) is 1. The van der Waals surface area contributed by atoms with Gasteiger partial charge in [-0.25, -0.2) is 13.6 Å². The van der Waals surface area contributed by atoms with Gasteiger partial charge in [0, 0.05) is 37.6 Å². The van der Waals surface area contributed by atoms with Crippen LogP contribution in [0.25, 0.3) is 0 Å². The Bertz CT molecular complexity index is 1090. The van der Waals surface area contributed by atoms with E-state index in [-0.39, 0.29) is 31.2 Å². The highest BCUT2D eigenvalue weighted by molar-refractivity contribution is 7.89. The van der Waals surface area contributed by atoms with Crippen LogP contribution in [-0.2, 0) is 21.0 Å². The Kier molecular flexibility index (Phi) is 6.82. The van der Waals surface area contributed by atoms with E-state index < -0.39 is 26.7 Å². The van der Waals surface area contributed by atoms with Crippen LogP contribution in [-0.4, -0.2) is 51.9 Å². The molecule has 0 aliphatic carbocycles. The summed E-state index contributed by atoms with van der Waals surface area (Å²) in [5.41, 5.74) is 1.61. The zero-order valence-electron chi connectivity index (χ0n) is 17.7. The lowest BCUT2D eigenvalue weighted by Gasteiger charge is -2.37. The lowest BCUT2D eigenvalue weighted by Crippen LogP contribution is -2.49. The van der Waals surface area contributed by atoms with Crippen molar-refractivity contribution in [2.45, 2.75) is 24.9 Å². The summed E-state index contributed by atoms with van der Waals surface area (Å²) in [6, 6.07) is 8.50. The maximum atomic E-state index is 13.6. The van der Waals surface area contributed by atoms with Crippen LogP contribution in [0.15, 0.2) is 41.3 Å². The number of nitrogens with zero attached hydrogens (tertiary/aromatic N) is 2. The number of nitrogens with one attached hydrogen (secondary N) is 1. The molecule has 0 spiro atoms. The van der Waals surface area contributed by atoms with E-state index in [1.54, 1.807) is 0 Å². The van der Waals surface area contributed by atoms with Gasteiger partial charge in [-0.05, 0) is 55.3 Å². The Morgan fingerprint density at radius 3 is 2.16 bits per heavy atom. The third-order valence-electron chi connectivity index (χ3n) is 5.19. The van der Waals surface area contributed by atoms with E-state index in [1.165, 1.54) is 4.90 Å². The van der Waals surface area contributed by atoms with E-state index in [0.717, 1.165) is 23.3 Å². The largest absolute Gasteiger partial charge is 0.418 e. The molecule has 0 bridgehead atoms. The minimum atomic E-state index is -4.74. The van der Waals surface area contributed by atoms with Crippen LogP contribution in [0.1, 0.15) is 16.7 Å². The second-order valence-corrected chi connectivity index (χ2v) is 9.47. The van der Waals surface area contributed by atoms with E-state index in [4.69, 9.17) is 5.14 Å². The summed E-state index contributed by atoms with van der Waals surface area (Å²) >= 11 is 0. The van der Waals surface area contributed by atoms with Gasteiger partial charge in [-0.2, -0.15) is 13.2 Å². The van der Waals surface area contributed by atoms with Crippen molar-refractivity contribution in [3.8, 4) is 0 Å². The lowest BCUT2D eigenvalue weighted by molar-refractivity contribution is -0.137. The summed E-state index contributed by atoms with van der Waals surface area (Å²) in [5.74, 6) is -0.197. The SMILES string of the molecule is Cc1cc(C)cc(NC(=O)CN2CCN(c3ccc(S(N)(=O)=O)cc3C(F)(F)F)CC2)c1. The minimum absolute atomic E-state index is 0.107.